The molecule has 34 heavy (non-hydrogen) atoms. The SMILES string of the molecule is CCCn1c(C(CC)N2CCN(C(=O)C(CC)c3ccccc3)CC2)nc2ccccc2c1=O. The number of hydrogen-bond donors (Lipinski definition) is 0. The van der Waals surface area contributed by atoms with Crippen molar-refractivity contribution in [1.82, 2.24) is 19.4 Å². The maximum Gasteiger partial charge on any atom is 0.261 e. The lowest BCUT2D eigenvalue weighted by Crippen LogP contribution is -2.51. The Kier molecular flexibility index (Phi) is 7.78. The minimum atomic E-state index is -0.0911. The molecule has 0 saturated carbocycles. The second-order valence-electron chi connectivity index (χ2n) is 9.10. The molecule has 1 aliphatic heterocycles. The smallest absolute Gasteiger partial charge is 0.261 e. The summed E-state index contributed by atoms with van der Waals surface area (Å²) in [5.41, 5.74) is 1.90. The number of hydrogen-bond acceptors (Lipinski definition) is 4. The van der Waals surface area contributed by atoms with Gasteiger partial charge in [0.15, 0.2) is 0 Å². The molecule has 0 radical (unpaired) electrons. The van der Waals surface area contributed by atoms with Crippen LogP contribution in [0.1, 0.15) is 63.4 Å². The van der Waals surface area contributed by atoms with Crippen LogP contribution < -0.4 is 5.56 Å². The maximum atomic E-state index is 13.3. The van der Waals surface area contributed by atoms with Crippen LogP contribution in [0.3, 0.4) is 0 Å². The molecule has 1 fully saturated rings. The summed E-state index contributed by atoms with van der Waals surface area (Å²) in [5.74, 6) is 0.975. The van der Waals surface area contributed by atoms with Crippen molar-refractivity contribution in [2.24, 2.45) is 0 Å². The van der Waals surface area contributed by atoms with Crippen LogP contribution in [0.25, 0.3) is 10.9 Å². The summed E-state index contributed by atoms with van der Waals surface area (Å²) in [7, 11) is 0. The number of rotatable bonds is 8. The van der Waals surface area contributed by atoms with Crippen LogP contribution in [-0.2, 0) is 11.3 Å². The third kappa shape index (κ3) is 4.78. The lowest BCUT2D eigenvalue weighted by atomic mass is 9.94. The third-order valence-electron chi connectivity index (χ3n) is 7.00. The van der Waals surface area contributed by atoms with E-state index in [0.717, 1.165) is 49.3 Å². The van der Waals surface area contributed by atoms with Gasteiger partial charge < -0.3 is 4.90 Å². The summed E-state index contributed by atoms with van der Waals surface area (Å²) < 4.78 is 1.87. The molecule has 1 aromatic heterocycles. The predicted molar refractivity (Wildman–Crippen MR) is 137 cm³/mol. The Morgan fingerprint density at radius 3 is 2.24 bits per heavy atom. The van der Waals surface area contributed by atoms with E-state index in [2.05, 4.69) is 25.7 Å². The number of carbonyl (C=O) groups is 1. The van der Waals surface area contributed by atoms with Crippen molar-refractivity contribution >= 4 is 16.8 Å². The molecule has 2 aromatic carbocycles. The molecule has 0 spiro atoms. The average molecular weight is 461 g/mol. The number of piperazine rings is 1. The molecule has 0 N–H and O–H groups in total. The first-order chi connectivity index (χ1) is 16.6. The van der Waals surface area contributed by atoms with Gasteiger partial charge in [-0.05, 0) is 37.0 Å². The lowest BCUT2D eigenvalue weighted by molar-refractivity contribution is -0.135. The summed E-state index contributed by atoms with van der Waals surface area (Å²) in [5, 5.41) is 0.677. The standard InChI is InChI=1S/C28H36N4O2/c1-4-16-32-26(29-24-15-11-10-14-23(24)28(32)34)25(6-3)30-17-19-31(20-18-30)27(33)22(5-2)21-12-8-7-9-13-21/h7-15,22,25H,4-6,16-20H2,1-3H3. The van der Waals surface area contributed by atoms with Gasteiger partial charge in [-0.1, -0.05) is 63.2 Å². The van der Waals surface area contributed by atoms with Crippen molar-refractivity contribution in [3.05, 3.63) is 76.3 Å². The highest BCUT2D eigenvalue weighted by Crippen LogP contribution is 2.27. The predicted octanol–water partition coefficient (Wildman–Crippen LogP) is 4.60. The first-order valence-corrected chi connectivity index (χ1v) is 12.7. The summed E-state index contributed by atoms with van der Waals surface area (Å²) in [4.78, 5) is 36.0. The Morgan fingerprint density at radius 2 is 1.59 bits per heavy atom. The molecule has 0 bridgehead atoms. The topological polar surface area (TPSA) is 58.4 Å². The van der Waals surface area contributed by atoms with E-state index < -0.39 is 0 Å². The van der Waals surface area contributed by atoms with Crippen LogP contribution in [0.2, 0.25) is 0 Å². The van der Waals surface area contributed by atoms with E-state index in [1.165, 1.54) is 0 Å². The highest BCUT2D eigenvalue weighted by molar-refractivity contribution is 5.83. The monoisotopic (exact) mass is 460 g/mol. The molecule has 1 saturated heterocycles. The molecule has 2 atom stereocenters. The molecule has 180 valence electrons. The van der Waals surface area contributed by atoms with E-state index >= 15 is 0 Å². The minimum Gasteiger partial charge on any atom is -0.340 e. The van der Waals surface area contributed by atoms with Gasteiger partial charge in [0.1, 0.15) is 5.82 Å². The van der Waals surface area contributed by atoms with Gasteiger partial charge in [-0.25, -0.2) is 4.98 Å². The van der Waals surface area contributed by atoms with Gasteiger partial charge in [-0.15, -0.1) is 0 Å². The molecule has 2 unspecified atom stereocenters. The molecule has 3 aromatic rings. The van der Waals surface area contributed by atoms with E-state index in [1.807, 2.05) is 64.1 Å². The molecule has 0 aliphatic carbocycles. The first-order valence-electron chi connectivity index (χ1n) is 12.7. The lowest BCUT2D eigenvalue weighted by Gasteiger charge is -2.40. The molecule has 6 heteroatoms. The van der Waals surface area contributed by atoms with E-state index in [9.17, 15) is 9.59 Å². The summed E-state index contributed by atoms with van der Waals surface area (Å²) in [6.45, 7) is 9.95. The van der Waals surface area contributed by atoms with Gasteiger partial charge in [0, 0.05) is 32.7 Å². The van der Waals surface area contributed by atoms with Crippen LogP contribution in [0.5, 0.6) is 0 Å². The Balaban J connectivity index is 1.55. The second kappa shape index (κ2) is 11.0. The normalized spacial score (nSPS) is 16.5. The van der Waals surface area contributed by atoms with E-state index in [-0.39, 0.29) is 23.4 Å². The Bertz CT molecular complexity index is 1170. The number of carbonyl (C=O) groups excluding carboxylic acids is 1. The number of benzene rings is 2. The van der Waals surface area contributed by atoms with Gasteiger partial charge in [0.05, 0.1) is 22.9 Å². The van der Waals surface area contributed by atoms with Gasteiger partial charge in [-0.2, -0.15) is 0 Å². The fourth-order valence-corrected chi connectivity index (χ4v) is 5.20. The quantitative estimate of drug-likeness (QED) is 0.493. The zero-order chi connectivity index (χ0) is 24.1. The summed E-state index contributed by atoms with van der Waals surface area (Å²) >= 11 is 0. The van der Waals surface area contributed by atoms with Crippen molar-refractivity contribution in [3.8, 4) is 0 Å². The molecule has 4 rings (SSSR count). The zero-order valence-electron chi connectivity index (χ0n) is 20.6. The van der Waals surface area contributed by atoms with Gasteiger partial charge in [0.2, 0.25) is 5.91 Å². The highest BCUT2D eigenvalue weighted by atomic mass is 16.2. The fraction of sp³-hybridized carbons (Fsp3) is 0.464. The third-order valence-corrected chi connectivity index (χ3v) is 7.00. The van der Waals surface area contributed by atoms with Crippen LogP contribution >= 0.6 is 0 Å². The largest absolute Gasteiger partial charge is 0.340 e. The number of para-hydroxylation sites is 1. The number of nitrogens with zero attached hydrogens (tertiary/aromatic N) is 4. The van der Waals surface area contributed by atoms with Gasteiger partial charge >= 0.3 is 0 Å². The molecular formula is C28H36N4O2. The van der Waals surface area contributed by atoms with Crippen LogP contribution in [0.4, 0.5) is 0 Å². The fourth-order valence-electron chi connectivity index (χ4n) is 5.20. The second-order valence-corrected chi connectivity index (χ2v) is 9.10. The van der Waals surface area contributed by atoms with Crippen molar-refractivity contribution in [2.45, 2.75) is 58.5 Å². The number of aromatic nitrogens is 2. The van der Waals surface area contributed by atoms with Crippen molar-refractivity contribution in [1.29, 1.82) is 0 Å². The molecule has 1 aliphatic rings. The Labute approximate surface area is 202 Å². The van der Waals surface area contributed by atoms with E-state index in [4.69, 9.17) is 4.98 Å². The van der Waals surface area contributed by atoms with Crippen molar-refractivity contribution in [2.75, 3.05) is 26.2 Å². The summed E-state index contributed by atoms with van der Waals surface area (Å²) in [6.07, 6.45) is 2.54. The van der Waals surface area contributed by atoms with Gasteiger partial charge in [0.25, 0.3) is 5.56 Å². The van der Waals surface area contributed by atoms with Crippen LogP contribution in [0.15, 0.2) is 59.4 Å². The van der Waals surface area contributed by atoms with Crippen LogP contribution in [0, 0.1) is 0 Å². The van der Waals surface area contributed by atoms with Gasteiger partial charge in [-0.3, -0.25) is 19.1 Å². The summed E-state index contributed by atoms with van der Waals surface area (Å²) in [6, 6.07) is 17.8. The molecular weight excluding hydrogens is 424 g/mol. The minimum absolute atomic E-state index is 0.0448. The molecule has 6 nitrogen and oxygen atoms in total. The number of fused-ring (bicyclic) bond motifs is 1. The highest BCUT2D eigenvalue weighted by Gasteiger charge is 2.31. The van der Waals surface area contributed by atoms with Crippen molar-refractivity contribution in [3.63, 3.8) is 0 Å². The Morgan fingerprint density at radius 1 is 0.912 bits per heavy atom. The first kappa shape index (κ1) is 24.1. The Hall–Kier alpha value is -2.99. The number of amides is 1. The van der Waals surface area contributed by atoms with E-state index in [0.29, 0.717) is 25.0 Å². The maximum absolute atomic E-state index is 13.3. The average Bonchev–Trinajstić information content (AvgIpc) is 2.88. The van der Waals surface area contributed by atoms with Crippen LogP contribution in [-0.4, -0.2) is 51.4 Å². The molecule has 2 heterocycles. The molecule has 1 amide bonds. The van der Waals surface area contributed by atoms with E-state index in [1.54, 1.807) is 0 Å². The van der Waals surface area contributed by atoms with Crippen molar-refractivity contribution < 1.29 is 4.79 Å². The zero-order valence-corrected chi connectivity index (χ0v) is 20.6.